The number of hydrogen-bond acceptors (Lipinski definition) is 5. The van der Waals surface area contributed by atoms with Gasteiger partial charge in [-0.15, -0.1) is 0 Å². The number of pyridine rings is 1. The lowest BCUT2D eigenvalue weighted by Gasteiger charge is -2.25. The van der Waals surface area contributed by atoms with Gasteiger partial charge in [-0.3, -0.25) is 15.0 Å². The number of hydrogen-bond donors (Lipinski definition) is 2. The van der Waals surface area contributed by atoms with E-state index in [2.05, 4.69) is 4.98 Å². The molecule has 1 unspecified atom stereocenters. The van der Waals surface area contributed by atoms with Crippen LogP contribution in [-0.2, 0) is 21.1 Å². The number of hydroxylamine groups is 1. The summed E-state index contributed by atoms with van der Waals surface area (Å²) >= 11 is 0. The van der Waals surface area contributed by atoms with E-state index in [0.29, 0.717) is 16.7 Å². The summed E-state index contributed by atoms with van der Waals surface area (Å²) in [6.07, 6.45) is 4.12. The van der Waals surface area contributed by atoms with Crippen molar-refractivity contribution < 1.29 is 22.8 Å². The lowest BCUT2D eigenvalue weighted by molar-refractivity contribution is -0.131. The van der Waals surface area contributed by atoms with Gasteiger partial charge in [0.25, 0.3) is 5.91 Å². The number of carbonyl (C=O) groups is 1. The molecule has 134 valence electrons. The average Bonchev–Trinajstić information content (AvgIpc) is 2.58. The second kappa shape index (κ2) is 7.28. The van der Waals surface area contributed by atoms with E-state index in [0.717, 1.165) is 6.26 Å². The van der Waals surface area contributed by atoms with Crippen molar-refractivity contribution in [2.75, 3.05) is 6.26 Å². The largest absolute Gasteiger partial charge is 0.289 e. The van der Waals surface area contributed by atoms with E-state index in [1.807, 2.05) is 0 Å². The van der Waals surface area contributed by atoms with E-state index < -0.39 is 26.3 Å². The maximum atomic E-state index is 14.3. The summed E-state index contributed by atoms with van der Waals surface area (Å²) in [5.41, 5.74) is 2.95. The fraction of sp³-hybridized carbons (Fsp3) is 0.294. The van der Waals surface area contributed by atoms with Crippen LogP contribution in [0.2, 0.25) is 0 Å². The molecule has 1 aromatic carbocycles. The molecule has 25 heavy (non-hydrogen) atoms. The van der Waals surface area contributed by atoms with Gasteiger partial charge in [-0.1, -0.05) is 18.2 Å². The zero-order valence-electron chi connectivity index (χ0n) is 13.9. The highest BCUT2D eigenvalue weighted by Crippen LogP contribution is 2.26. The van der Waals surface area contributed by atoms with Crippen molar-refractivity contribution in [1.29, 1.82) is 0 Å². The van der Waals surface area contributed by atoms with Crippen molar-refractivity contribution in [3.63, 3.8) is 0 Å². The number of amides is 1. The van der Waals surface area contributed by atoms with Gasteiger partial charge in [0.05, 0.1) is 0 Å². The summed E-state index contributed by atoms with van der Waals surface area (Å²) in [4.78, 5) is 15.7. The first-order chi connectivity index (χ1) is 11.7. The van der Waals surface area contributed by atoms with Crippen LogP contribution < -0.4 is 5.48 Å². The number of carbonyl (C=O) groups excluding carboxylic acids is 1. The topological polar surface area (TPSA) is 96.4 Å². The van der Waals surface area contributed by atoms with Gasteiger partial charge in [-0.25, -0.2) is 18.3 Å². The van der Waals surface area contributed by atoms with Crippen molar-refractivity contribution in [1.82, 2.24) is 10.5 Å². The van der Waals surface area contributed by atoms with Crippen LogP contribution in [-0.4, -0.2) is 35.5 Å². The fourth-order valence-electron chi connectivity index (χ4n) is 2.44. The summed E-state index contributed by atoms with van der Waals surface area (Å²) in [6, 6.07) is 8.00. The molecule has 0 aliphatic carbocycles. The van der Waals surface area contributed by atoms with Crippen LogP contribution in [0.4, 0.5) is 4.39 Å². The molecule has 2 rings (SSSR count). The van der Waals surface area contributed by atoms with Crippen molar-refractivity contribution in [3.8, 4) is 11.1 Å². The Morgan fingerprint density at radius 3 is 2.60 bits per heavy atom. The molecule has 0 aliphatic heterocycles. The number of nitrogens with one attached hydrogen (secondary N) is 1. The molecule has 0 radical (unpaired) electrons. The smallest absolute Gasteiger partial charge is 0.264 e. The van der Waals surface area contributed by atoms with Crippen LogP contribution >= 0.6 is 0 Å². The Labute approximate surface area is 145 Å². The number of aromatic nitrogens is 1. The third-order valence-corrected chi connectivity index (χ3v) is 6.32. The molecule has 0 spiro atoms. The molecule has 0 bridgehead atoms. The average molecular weight is 366 g/mol. The highest BCUT2D eigenvalue weighted by molar-refractivity contribution is 7.92. The SMILES string of the molecule is CC(CCc1ccc(-c2cccnc2)c(F)c1)(C(=O)NO)S(C)(=O)=O. The Kier molecular flexibility index (Phi) is 5.54. The third-order valence-electron chi connectivity index (χ3n) is 4.30. The second-order valence-corrected chi connectivity index (χ2v) is 8.45. The summed E-state index contributed by atoms with van der Waals surface area (Å²) in [6.45, 7) is 1.23. The first kappa shape index (κ1) is 19.0. The molecule has 0 aliphatic rings. The van der Waals surface area contributed by atoms with Crippen LogP contribution in [0.3, 0.4) is 0 Å². The van der Waals surface area contributed by atoms with Crippen molar-refractivity contribution in [2.45, 2.75) is 24.5 Å². The maximum absolute atomic E-state index is 14.3. The van der Waals surface area contributed by atoms with E-state index >= 15 is 0 Å². The van der Waals surface area contributed by atoms with E-state index in [4.69, 9.17) is 5.21 Å². The van der Waals surface area contributed by atoms with Crippen LogP contribution in [0.25, 0.3) is 11.1 Å². The molecule has 2 N–H and O–H groups in total. The Morgan fingerprint density at radius 2 is 2.08 bits per heavy atom. The predicted molar refractivity (Wildman–Crippen MR) is 91.1 cm³/mol. The summed E-state index contributed by atoms with van der Waals surface area (Å²) in [5.74, 6) is -1.47. The lowest BCUT2D eigenvalue weighted by atomic mass is 9.97. The number of halogens is 1. The van der Waals surface area contributed by atoms with E-state index in [-0.39, 0.29) is 12.8 Å². The standard InChI is InChI=1S/C17H19FN2O4S/c1-17(16(21)20-22,25(2,23)24)8-7-12-5-6-14(15(18)10-12)13-4-3-9-19-11-13/h3-6,9-11,22H,7-8H2,1-2H3,(H,20,21). The third kappa shape index (κ3) is 4.02. The predicted octanol–water partition coefficient (Wildman–Crippen LogP) is 2.13. The monoisotopic (exact) mass is 366 g/mol. The molecular formula is C17H19FN2O4S. The Bertz CT molecular complexity index is 871. The number of nitrogens with zero attached hydrogens (tertiary/aromatic N) is 1. The minimum Gasteiger partial charge on any atom is -0.289 e. The molecule has 1 heterocycles. The summed E-state index contributed by atoms with van der Waals surface area (Å²) in [7, 11) is -3.78. The molecule has 0 fully saturated rings. The summed E-state index contributed by atoms with van der Waals surface area (Å²) in [5, 5.41) is 8.81. The zero-order chi connectivity index (χ0) is 18.7. The highest BCUT2D eigenvalue weighted by Gasteiger charge is 2.43. The molecular weight excluding hydrogens is 347 g/mol. The van der Waals surface area contributed by atoms with Gasteiger partial charge in [-0.05, 0) is 37.5 Å². The van der Waals surface area contributed by atoms with Gasteiger partial charge in [0.1, 0.15) is 10.6 Å². The Balaban J connectivity index is 2.24. The van der Waals surface area contributed by atoms with Crippen LogP contribution in [0.15, 0.2) is 42.7 Å². The minimum atomic E-state index is -3.78. The molecule has 2 aromatic rings. The van der Waals surface area contributed by atoms with Crippen molar-refractivity contribution in [2.24, 2.45) is 0 Å². The van der Waals surface area contributed by atoms with Gasteiger partial charge >= 0.3 is 0 Å². The van der Waals surface area contributed by atoms with Crippen LogP contribution in [0, 0.1) is 5.82 Å². The Morgan fingerprint density at radius 1 is 1.36 bits per heavy atom. The number of aryl methyl sites for hydroxylation is 1. The van der Waals surface area contributed by atoms with Crippen molar-refractivity contribution >= 4 is 15.7 Å². The molecule has 1 amide bonds. The number of rotatable bonds is 6. The molecule has 1 atom stereocenters. The van der Waals surface area contributed by atoms with Crippen molar-refractivity contribution in [3.05, 3.63) is 54.1 Å². The van der Waals surface area contributed by atoms with E-state index in [1.165, 1.54) is 18.5 Å². The zero-order valence-corrected chi connectivity index (χ0v) is 14.7. The summed E-state index contributed by atoms with van der Waals surface area (Å²) < 4.78 is 36.4. The second-order valence-electron chi connectivity index (χ2n) is 6.00. The minimum absolute atomic E-state index is 0.0933. The quantitative estimate of drug-likeness (QED) is 0.603. The van der Waals surface area contributed by atoms with Gasteiger partial charge in [0.2, 0.25) is 0 Å². The van der Waals surface area contributed by atoms with E-state index in [1.54, 1.807) is 36.7 Å². The molecule has 0 saturated heterocycles. The van der Waals surface area contributed by atoms with Gasteiger partial charge in [0.15, 0.2) is 9.84 Å². The first-order valence-electron chi connectivity index (χ1n) is 7.52. The molecule has 0 saturated carbocycles. The molecule has 1 aromatic heterocycles. The van der Waals surface area contributed by atoms with E-state index in [9.17, 15) is 17.6 Å². The molecule has 6 nitrogen and oxygen atoms in total. The van der Waals surface area contributed by atoms with Gasteiger partial charge < -0.3 is 0 Å². The van der Waals surface area contributed by atoms with Gasteiger partial charge in [0, 0.05) is 29.8 Å². The van der Waals surface area contributed by atoms with Gasteiger partial charge in [-0.2, -0.15) is 0 Å². The number of sulfone groups is 1. The number of benzene rings is 1. The first-order valence-corrected chi connectivity index (χ1v) is 9.41. The van der Waals surface area contributed by atoms with Crippen LogP contribution in [0.1, 0.15) is 18.9 Å². The molecule has 8 heteroatoms. The fourth-order valence-corrected chi connectivity index (χ4v) is 3.29. The normalized spacial score (nSPS) is 13.9. The maximum Gasteiger partial charge on any atom is 0.264 e. The van der Waals surface area contributed by atoms with Crippen LogP contribution in [0.5, 0.6) is 0 Å². The Hall–Kier alpha value is -2.32. The lowest BCUT2D eigenvalue weighted by Crippen LogP contribution is -2.49. The highest BCUT2D eigenvalue weighted by atomic mass is 32.2.